The number of aromatic nitrogens is 8. The Morgan fingerprint density at radius 3 is 1.15 bits per heavy atom. The van der Waals surface area contributed by atoms with Crippen molar-refractivity contribution in [1.82, 2.24) is 39.9 Å². The summed E-state index contributed by atoms with van der Waals surface area (Å²) >= 11 is 0. The number of pyridine rings is 6. The molecule has 0 fully saturated rings. The van der Waals surface area contributed by atoms with E-state index in [1.807, 2.05) is 158 Å². The molecule has 0 saturated carbocycles. The van der Waals surface area contributed by atoms with Crippen molar-refractivity contribution in [1.29, 1.82) is 0 Å². The first-order valence-corrected chi connectivity index (χ1v) is 31.9. The van der Waals surface area contributed by atoms with E-state index in [0.29, 0.717) is 30.1 Å². The average Bonchev–Trinajstić information content (AvgIpc) is 1.03. The fraction of sp³-hybridized carbons (Fsp3) is 0.494. The van der Waals surface area contributed by atoms with Gasteiger partial charge in [0.1, 0.15) is 11.6 Å². The Bertz CT molecular complexity index is 3130. The molecule has 8 nitrogen and oxygen atoms in total. The highest BCUT2D eigenvalue weighted by atomic mass is 18.2. The molecular weight excluding hydrogens is 1220 g/mol. The van der Waals surface area contributed by atoms with Crippen molar-refractivity contribution in [2.24, 2.45) is 5.41 Å². The van der Waals surface area contributed by atoms with Crippen LogP contribution in [0.1, 0.15) is 238 Å². The lowest BCUT2D eigenvalue weighted by atomic mass is 9.87. The van der Waals surface area contributed by atoms with Crippen LogP contribution in [0.2, 0.25) is 0 Å². The summed E-state index contributed by atoms with van der Waals surface area (Å²) in [7, 11) is 0.500. The molecule has 0 radical (unpaired) electrons. The molecule has 0 N–H and O–H groups in total. The Balaban J connectivity index is 0. The first kappa shape index (κ1) is 90.6. The van der Waals surface area contributed by atoms with E-state index in [-0.39, 0.29) is 67.6 Å². The van der Waals surface area contributed by atoms with Gasteiger partial charge in [0.15, 0.2) is 0 Å². The highest BCUT2D eigenvalue weighted by Gasteiger charge is 2.21. The minimum absolute atomic E-state index is 0.00375. The molecule has 0 saturated heterocycles. The second-order valence-corrected chi connectivity index (χ2v) is 31.7. The molecule has 96 heavy (non-hydrogen) atoms. The van der Waals surface area contributed by atoms with Crippen molar-refractivity contribution < 1.29 is 39.5 Å². The maximum absolute atomic E-state index is 13.0. The van der Waals surface area contributed by atoms with Crippen LogP contribution in [0.15, 0.2) is 153 Å². The lowest BCUT2D eigenvalue weighted by Crippen LogP contribution is -2.14. The van der Waals surface area contributed by atoms with Gasteiger partial charge in [0.2, 0.25) is 23.8 Å². The Labute approximate surface area is 571 Å². The third-order valence-corrected chi connectivity index (χ3v) is 13.3. The van der Waals surface area contributed by atoms with Gasteiger partial charge in [0.25, 0.3) is 0 Å². The number of benzene rings is 1. The molecule has 0 bridgehead atoms. The van der Waals surface area contributed by atoms with Crippen LogP contribution in [0.25, 0.3) is 0 Å². The Morgan fingerprint density at radius 2 is 0.823 bits per heavy atom. The van der Waals surface area contributed by atoms with Gasteiger partial charge >= 0.3 is 6.08 Å². The van der Waals surface area contributed by atoms with Gasteiger partial charge in [0.05, 0.1) is 13.9 Å². The van der Waals surface area contributed by atoms with Gasteiger partial charge in [0, 0.05) is 82.9 Å². The summed E-state index contributed by atoms with van der Waals surface area (Å²) in [5, 5.41) is 0. The molecule has 17 heteroatoms. The molecule has 0 aliphatic heterocycles. The molecule has 0 aliphatic carbocycles. The summed E-state index contributed by atoms with van der Waals surface area (Å²) in [6, 6.07) is 29.6. The van der Waals surface area contributed by atoms with Crippen molar-refractivity contribution in [2.45, 2.75) is 237 Å². The molecule has 0 amide bonds. The van der Waals surface area contributed by atoms with Crippen molar-refractivity contribution in [2.75, 3.05) is 13.9 Å². The minimum Gasteiger partial charge on any atom is -0.264 e. The molecule has 7 aromatic heterocycles. The van der Waals surface area contributed by atoms with Gasteiger partial charge in [-0.1, -0.05) is 235 Å². The standard InChI is InChI=1S/C10H14.6C9H12FN.C8H11FN2.C6H13F.CH3F/c1-10(2,3)9-7-5-4-6-8-9;1-9(2,3)7-6-11-5-4-8(7)10;1-9(2,3)8-6-7(10)4-5-11-8;1-9(2,3)7-4-5-11-8(10)6-7;1-9(2,3)7-4-5-8(10)11-6-7;1-9(2,3)7-5-4-6-11-8(7)10;1-9(2,3)7-5-4-6-8(10)11-7;1-8(2,3)6-4-10-7(9)11-5-6;1-6(2,3)4-5-7;1-2/h4-8H,1-3H3;6*4-6H,1-3H3;4-5H,1-3H3;4-5H2,1-3H3;1H3/i;6*10-1;9-1;7-1;2-1. The Hall–Kier alpha value is -7.43. The molecular formula is C79H113F9N8. The minimum atomic E-state index is -0.669. The van der Waals surface area contributed by atoms with E-state index in [1.54, 1.807) is 36.7 Å². The highest BCUT2D eigenvalue weighted by Crippen LogP contribution is 2.27. The highest BCUT2D eigenvalue weighted by molar-refractivity contribution is 5.24. The first-order valence-electron chi connectivity index (χ1n) is 31.9. The number of nitrogens with zero attached hydrogens (tertiary/aromatic N) is 8. The molecule has 1 aromatic carbocycles. The van der Waals surface area contributed by atoms with Crippen LogP contribution in [0.3, 0.4) is 0 Å². The third-order valence-electron chi connectivity index (χ3n) is 13.3. The Kier molecular flexibility index (Phi) is 38.7. The van der Waals surface area contributed by atoms with Crippen LogP contribution < -0.4 is 0 Å². The number of hydrogen-bond acceptors (Lipinski definition) is 8. The zero-order chi connectivity index (χ0) is 74.9. The number of halogens is 9. The maximum Gasteiger partial charge on any atom is 0.308 e. The maximum atomic E-state index is 13.0. The quantitative estimate of drug-likeness (QED) is 0.0910. The van der Waals surface area contributed by atoms with E-state index in [1.165, 1.54) is 79.1 Å². The van der Waals surface area contributed by atoms with Crippen molar-refractivity contribution >= 4 is 0 Å². The van der Waals surface area contributed by atoms with Crippen LogP contribution in [-0.2, 0) is 43.3 Å². The lowest BCUT2D eigenvalue weighted by Gasteiger charge is -2.18. The SMILES string of the molecule is CC(C)(C)CC[18F].CC(C)(C)c1cc([18F])ccn1.CC(C)(C)c1ccc([18F])nc1.CC(C)(C)c1cccc([18F])n1.CC(C)(C)c1ccccc1.CC(C)(C)c1cccnc1[18F].CC(C)(C)c1ccnc([18F])c1.CC(C)(C)c1cnc([18F])nc1.CC(C)(C)c1cnccc1[18F].C[18F]. The van der Waals surface area contributed by atoms with E-state index in [4.69, 9.17) is 0 Å². The number of hydrogen-bond donors (Lipinski definition) is 0. The molecule has 8 aromatic rings. The van der Waals surface area contributed by atoms with Crippen molar-refractivity contribution in [3.63, 3.8) is 0 Å². The summed E-state index contributed by atoms with van der Waals surface area (Å²) in [6.07, 6.45) is 12.1. The topological polar surface area (TPSA) is 103 Å². The fourth-order valence-electron chi connectivity index (χ4n) is 7.13. The van der Waals surface area contributed by atoms with E-state index < -0.39 is 23.9 Å². The van der Waals surface area contributed by atoms with Gasteiger partial charge in [-0.15, -0.1) is 0 Å². The van der Waals surface area contributed by atoms with E-state index >= 15 is 0 Å². The molecule has 8 rings (SSSR count). The lowest BCUT2D eigenvalue weighted by molar-refractivity contribution is 0.316. The average molecular weight is 1340 g/mol. The first-order chi connectivity index (χ1) is 43.7. The van der Waals surface area contributed by atoms with Crippen LogP contribution >= 0.6 is 0 Å². The molecule has 532 valence electrons. The summed E-state index contributed by atoms with van der Waals surface area (Å²) in [5.41, 5.74) is 7.36. The molecule has 0 atom stereocenters. The zero-order valence-corrected chi connectivity index (χ0v) is 62.8. The van der Waals surface area contributed by atoms with Crippen LogP contribution in [0.5, 0.6) is 0 Å². The van der Waals surface area contributed by atoms with E-state index in [2.05, 4.69) is 112 Å². The fourth-order valence-corrected chi connectivity index (χ4v) is 7.13. The van der Waals surface area contributed by atoms with Crippen molar-refractivity contribution in [3.05, 3.63) is 239 Å². The molecule has 7 heterocycles. The molecule has 0 aliphatic rings. The van der Waals surface area contributed by atoms with Gasteiger partial charge in [-0.05, 0) is 121 Å². The van der Waals surface area contributed by atoms with Gasteiger partial charge in [-0.25, -0.2) is 38.7 Å². The predicted octanol–water partition coefficient (Wildman–Crippen LogP) is 23.0. The molecule has 0 unspecified atom stereocenters. The van der Waals surface area contributed by atoms with Gasteiger partial charge in [-0.3, -0.25) is 18.7 Å². The van der Waals surface area contributed by atoms with Crippen LogP contribution in [-0.4, -0.2) is 53.7 Å². The third kappa shape index (κ3) is 40.8. The van der Waals surface area contributed by atoms with E-state index in [9.17, 15) is 39.5 Å². The number of alkyl halides is 2. The monoisotopic (exact) mass is 1340 g/mol. The van der Waals surface area contributed by atoms with Gasteiger partial charge in [-0.2, -0.15) is 22.0 Å². The number of rotatable bonds is 1. The molecule has 0 spiro atoms. The summed E-state index contributed by atoms with van der Waals surface area (Å²) < 4.78 is 109. The largest absolute Gasteiger partial charge is 0.308 e. The second-order valence-electron chi connectivity index (χ2n) is 31.7. The van der Waals surface area contributed by atoms with Crippen LogP contribution in [0, 0.1) is 46.9 Å². The van der Waals surface area contributed by atoms with E-state index in [0.717, 1.165) is 28.1 Å². The second kappa shape index (κ2) is 41.0. The Morgan fingerprint density at radius 1 is 0.323 bits per heavy atom. The predicted molar refractivity (Wildman–Crippen MR) is 380 cm³/mol. The smallest absolute Gasteiger partial charge is 0.264 e. The zero-order valence-electron chi connectivity index (χ0n) is 62.8. The van der Waals surface area contributed by atoms with Crippen LogP contribution in [0.4, 0.5) is 39.5 Å². The normalized spacial score (nSPS) is 11.5. The summed E-state index contributed by atoms with van der Waals surface area (Å²) in [5.74, 6) is -1.98. The van der Waals surface area contributed by atoms with Crippen molar-refractivity contribution in [3.8, 4) is 0 Å². The van der Waals surface area contributed by atoms with Gasteiger partial charge < -0.3 is 0 Å². The summed E-state index contributed by atoms with van der Waals surface area (Å²) in [4.78, 5) is 29.3. The summed E-state index contributed by atoms with van der Waals surface area (Å²) in [6.45, 7) is 54.9.